The maximum Gasteiger partial charge on any atom is -1.00 e. The first-order valence-corrected chi connectivity index (χ1v) is 17.6. The molecule has 0 saturated heterocycles. The number of hydrogen-bond acceptors (Lipinski definition) is 2. The molecule has 196 valence electrons. The quantitative estimate of drug-likeness (QED) is 0.261. The van der Waals surface area contributed by atoms with Crippen molar-refractivity contribution in [1.82, 2.24) is 9.97 Å². The van der Waals surface area contributed by atoms with E-state index < -0.39 is 22.9 Å². The Hall–Kier alpha value is -3.37. The first-order valence-electron chi connectivity index (χ1n) is 13.4. The van der Waals surface area contributed by atoms with Crippen LogP contribution in [-0.2, 0) is 22.9 Å². The van der Waals surface area contributed by atoms with Crippen molar-refractivity contribution in [2.45, 2.75) is 7.35 Å². The van der Waals surface area contributed by atoms with Crippen LogP contribution in [0.1, 0.15) is 41.0 Å². The number of fused-ring (bicyclic) bond motifs is 6. The smallest absolute Gasteiger partial charge is 1.00 e. The van der Waals surface area contributed by atoms with Crippen LogP contribution in [0.3, 0.4) is 0 Å². The molecule has 0 saturated carbocycles. The van der Waals surface area contributed by atoms with Crippen LogP contribution in [0.25, 0.3) is 44.8 Å². The van der Waals surface area contributed by atoms with Gasteiger partial charge in [-0.05, 0) is 0 Å². The largest absolute Gasteiger partial charge is 1.00 e. The van der Waals surface area contributed by atoms with Crippen molar-refractivity contribution in [3.63, 3.8) is 0 Å². The number of rotatable bonds is 4. The van der Waals surface area contributed by atoms with Gasteiger partial charge in [0.1, 0.15) is 0 Å². The van der Waals surface area contributed by atoms with Crippen molar-refractivity contribution in [3.8, 4) is 0 Å². The summed E-state index contributed by atoms with van der Waals surface area (Å²) < 4.78 is 0.850. The van der Waals surface area contributed by atoms with E-state index in [0.717, 1.165) is 11.4 Å². The third-order valence-corrected chi connectivity index (χ3v) is 15.0. The number of hydrogen-bond donors (Lipinski definition) is 0. The van der Waals surface area contributed by atoms with Crippen molar-refractivity contribution in [1.29, 1.82) is 0 Å². The molecule has 0 aliphatic heterocycles. The van der Waals surface area contributed by atoms with Crippen LogP contribution in [0.2, 0.25) is 0 Å². The van der Waals surface area contributed by atoms with Gasteiger partial charge in [0.15, 0.2) is 0 Å². The molecule has 2 aromatic heterocycles. The van der Waals surface area contributed by atoms with E-state index in [0.29, 0.717) is 7.35 Å². The standard InChI is InChI=1S/2C18H12N.2ClH.Hf/c2*1-2-6-16-13(5-1)8-9-14-11-15(12-17(14)16)18-7-3-4-10-19-18;;;/h2*1-12H;2*1H;/q;;;;+2/p-2. The van der Waals surface area contributed by atoms with Gasteiger partial charge in [-0.3, -0.25) is 0 Å². The van der Waals surface area contributed by atoms with Gasteiger partial charge >= 0.3 is 240 Å². The normalized spacial score (nSPS) is 16.6. The zero-order valence-corrected chi connectivity index (χ0v) is 27.1. The van der Waals surface area contributed by atoms with Crippen LogP contribution in [0.4, 0.5) is 0 Å². The fourth-order valence-corrected chi connectivity index (χ4v) is 13.5. The predicted molar refractivity (Wildman–Crippen MR) is 158 cm³/mol. The summed E-state index contributed by atoms with van der Waals surface area (Å²) in [7, 11) is 0. The molecule has 8 rings (SSSR count). The molecule has 0 bridgehead atoms. The molecule has 2 unspecified atom stereocenters. The predicted octanol–water partition coefficient (Wildman–Crippen LogP) is 2.76. The maximum atomic E-state index is 4.85. The average Bonchev–Trinajstić information content (AvgIpc) is 3.57. The average molecular weight is 734 g/mol. The third kappa shape index (κ3) is 4.70. The molecule has 41 heavy (non-hydrogen) atoms. The van der Waals surface area contributed by atoms with E-state index in [2.05, 4.69) is 109 Å². The zero-order chi connectivity index (χ0) is 25.8. The summed E-state index contributed by atoms with van der Waals surface area (Å²) in [6.45, 7) is 0. The number of halogens is 2. The second-order valence-electron chi connectivity index (χ2n) is 10.2. The van der Waals surface area contributed by atoms with Gasteiger partial charge in [0.25, 0.3) is 0 Å². The molecule has 0 amide bonds. The second-order valence-corrected chi connectivity index (χ2v) is 15.6. The van der Waals surface area contributed by atoms with E-state index in [9.17, 15) is 0 Å². The Balaban J connectivity index is 0.00000151. The van der Waals surface area contributed by atoms with Gasteiger partial charge in [0, 0.05) is 0 Å². The van der Waals surface area contributed by atoms with E-state index in [4.69, 9.17) is 9.97 Å². The van der Waals surface area contributed by atoms with E-state index in [1.807, 2.05) is 24.5 Å². The van der Waals surface area contributed by atoms with E-state index in [-0.39, 0.29) is 24.8 Å². The van der Waals surface area contributed by atoms with Crippen LogP contribution in [0, 0.1) is 0 Å². The Labute approximate surface area is 263 Å². The number of aromatic nitrogens is 2. The van der Waals surface area contributed by atoms with Crippen molar-refractivity contribution >= 4 is 44.8 Å². The molecule has 4 aromatic carbocycles. The van der Waals surface area contributed by atoms with Crippen molar-refractivity contribution < 1.29 is 47.7 Å². The molecule has 0 radical (unpaired) electrons. The van der Waals surface area contributed by atoms with E-state index >= 15 is 0 Å². The topological polar surface area (TPSA) is 25.8 Å². The fourth-order valence-electron chi connectivity index (χ4n) is 6.30. The van der Waals surface area contributed by atoms with Crippen molar-refractivity contribution in [2.24, 2.45) is 0 Å². The van der Waals surface area contributed by atoms with Crippen LogP contribution in [0.5, 0.6) is 0 Å². The molecule has 2 atom stereocenters. The summed E-state index contributed by atoms with van der Waals surface area (Å²) in [6, 6.07) is 39.6. The molecule has 2 aliphatic carbocycles. The maximum absolute atomic E-state index is 4.85. The van der Waals surface area contributed by atoms with Gasteiger partial charge in [0.2, 0.25) is 0 Å². The Bertz CT molecular complexity index is 1810. The minimum Gasteiger partial charge on any atom is -1.00 e. The molecule has 0 fully saturated rings. The van der Waals surface area contributed by atoms with E-state index in [1.165, 1.54) is 54.9 Å². The summed E-state index contributed by atoms with van der Waals surface area (Å²) >= 11 is -1.48. The van der Waals surface area contributed by atoms with Crippen molar-refractivity contribution in [2.75, 3.05) is 0 Å². The zero-order valence-electron chi connectivity index (χ0n) is 22.0. The Morgan fingerprint density at radius 1 is 0.463 bits per heavy atom. The first-order chi connectivity index (χ1) is 19.3. The molecule has 0 spiro atoms. The van der Waals surface area contributed by atoms with Crippen LogP contribution < -0.4 is 24.8 Å². The van der Waals surface area contributed by atoms with Gasteiger partial charge in [-0.1, -0.05) is 0 Å². The summed E-state index contributed by atoms with van der Waals surface area (Å²) in [5, 5.41) is 5.28. The van der Waals surface area contributed by atoms with E-state index in [1.54, 1.807) is 0 Å². The molecule has 5 heteroatoms. The Morgan fingerprint density at radius 2 is 0.902 bits per heavy atom. The van der Waals surface area contributed by atoms with Gasteiger partial charge < -0.3 is 24.8 Å². The molecule has 0 N–H and O–H groups in total. The van der Waals surface area contributed by atoms with Gasteiger partial charge in [-0.15, -0.1) is 0 Å². The summed E-state index contributed by atoms with van der Waals surface area (Å²) in [6.07, 6.45) is 8.74. The van der Waals surface area contributed by atoms with Crippen LogP contribution >= 0.6 is 0 Å². The van der Waals surface area contributed by atoms with Gasteiger partial charge in [-0.25, -0.2) is 0 Å². The Morgan fingerprint density at radius 3 is 1.34 bits per heavy atom. The molecule has 2 heterocycles. The fraction of sp³-hybridized carbons (Fsp3) is 0.0556. The van der Waals surface area contributed by atoms with Crippen molar-refractivity contribution in [3.05, 3.63) is 155 Å². The SMILES string of the molecule is C1=C(c2ccccn2)[CH]([Hf+2][CH]2C(c3ccccn3)=Cc3c2ccc2ccccc32)c2ccc3ccccc3c21.[Cl-].[Cl-]. The van der Waals surface area contributed by atoms with Crippen LogP contribution in [-0.4, -0.2) is 9.97 Å². The third-order valence-electron chi connectivity index (χ3n) is 8.11. The Kier molecular flexibility index (Phi) is 7.78. The number of pyridine rings is 2. The first kappa shape index (κ1) is 27.8. The number of allylic oxidation sites excluding steroid dienone is 2. The summed E-state index contributed by atoms with van der Waals surface area (Å²) in [5.41, 5.74) is 10.7. The molecule has 2 nitrogen and oxygen atoms in total. The number of nitrogens with zero attached hydrogens (tertiary/aromatic N) is 2. The summed E-state index contributed by atoms with van der Waals surface area (Å²) in [4.78, 5) is 9.69. The van der Waals surface area contributed by atoms with Gasteiger partial charge in [-0.2, -0.15) is 0 Å². The molecule has 2 aliphatic rings. The minimum absolute atomic E-state index is 0. The van der Waals surface area contributed by atoms with Gasteiger partial charge in [0.05, 0.1) is 0 Å². The number of benzene rings is 4. The molecular weight excluding hydrogens is 710 g/mol. The second kappa shape index (κ2) is 11.5. The monoisotopic (exact) mass is 734 g/mol. The molecular formula is C36H24Cl2HfN2. The summed E-state index contributed by atoms with van der Waals surface area (Å²) in [5.74, 6) is 0. The molecule has 6 aromatic rings. The van der Waals surface area contributed by atoms with Crippen LogP contribution in [0.15, 0.2) is 122 Å². The minimum atomic E-state index is -1.48.